The highest BCUT2D eigenvalue weighted by Crippen LogP contribution is 2.19. The Kier molecular flexibility index (Phi) is 3.54. The van der Waals surface area contributed by atoms with Crippen molar-refractivity contribution in [2.45, 2.75) is 32.4 Å². The Balaban J connectivity index is 2.06. The number of aromatic nitrogens is 3. The second kappa shape index (κ2) is 5.10. The van der Waals surface area contributed by atoms with Crippen LogP contribution in [-0.4, -0.2) is 19.9 Å². The average molecular weight is 231 g/mol. The lowest BCUT2D eigenvalue weighted by atomic mass is 10.00. The molecule has 0 amide bonds. The van der Waals surface area contributed by atoms with Gasteiger partial charge >= 0.3 is 0 Å². The van der Waals surface area contributed by atoms with Gasteiger partial charge in [-0.25, -0.2) is 4.98 Å². The molecular formula is C13H17N3O. The Bertz CT molecular complexity index is 448. The molecule has 0 saturated heterocycles. The number of hydrogen-bond donors (Lipinski definition) is 1. The molecule has 17 heavy (non-hydrogen) atoms. The van der Waals surface area contributed by atoms with Crippen molar-refractivity contribution < 1.29 is 5.11 Å². The van der Waals surface area contributed by atoms with Crippen LogP contribution in [0.3, 0.4) is 0 Å². The first-order valence-corrected chi connectivity index (χ1v) is 5.77. The Labute approximate surface area is 101 Å². The molecule has 2 aromatic rings. The molecule has 90 valence electrons. The van der Waals surface area contributed by atoms with Gasteiger partial charge in [0.05, 0.1) is 12.6 Å². The van der Waals surface area contributed by atoms with Crippen LogP contribution in [0.25, 0.3) is 0 Å². The van der Waals surface area contributed by atoms with E-state index in [1.54, 1.807) is 11.0 Å². The average Bonchev–Trinajstić information content (AvgIpc) is 2.82. The van der Waals surface area contributed by atoms with Crippen LogP contribution in [0.1, 0.15) is 37.0 Å². The van der Waals surface area contributed by atoms with Gasteiger partial charge in [0.2, 0.25) is 0 Å². The lowest BCUT2D eigenvalue weighted by Gasteiger charge is -2.12. The molecule has 4 nitrogen and oxygen atoms in total. The van der Waals surface area contributed by atoms with Gasteiger partial charge < -0.3 is 5.11 Å². The molecule has 0 fully saturated rings. The normalized spacial score (nSPS) is 12.9. The Morgan fingerprint density at radius 1 is 1.18 bits per heavy atom. The molecule has 0 aliphatic rings. The van der Waals surface area contributed by atoms with Crippen LogP contribution in [0.4, 0.5) is 0 Å². The first-order chi connectivity index (χ1) is 8.16. The van der Waals surface area contributed by atoms with Crippen molar-refractivity contribution in [3.05, 3.63) is 48.0 Å². The van der Waals surface area contributed by atoms with Gasteiger partial charge in [-0.05, 0) is 17.0 Å². The van der Waals surface area contributed by atoms with E-state index in [0.29, 0.717) is 12.5 Å². The minimum Gasteiger partial charge on any atom is -0.386 e. The van der Waals surface area contributed by atoms with Crippen molar-refractivity contribution in [3.8, 4) is 0 Å². The second-order valence-corrected chi connectivity index (χ2v) is 4.45. The van der Waals surface area contributed by atoms with E-state index in [1.165, 1.54) is 11.9 Å². The molecule has 1 aromatic heterocycles. The zero-order valence-corrected chi connectivity index (χ0v) is 10.1. The Morgan fingerprint density at radius 2 is 1.82 bits per heavy atom. The van der Waals surface area contributed by atoms with Gasteiger partial charge in [0.15, 0.2) is 0 Å². The minimum atomic E-state index is -0.544. The number of benzene rings is 1. The molecule has 1 N–H and O–H groups in total. The molecule has 1 aromatic carbocycles. The molecule has 0 aliphatic heterocycles. The summed E-state index contributed by atoms with van der Waals surface area (Å²) in [5, 5.41) is 14.0. The molecule has 0 spiro atoms. The van der Waals surface area contributed by atoms with Crippen LogP contribution in [0.5, 0.6) is 0 Å². The highest BCUT2D eigenvalue weighted by molar-refractivity contribution is 5.25. The van der Waals surface area contributed by atoms with Gasteiger partial charge in [-0.3, -0.25) is 4.68 Å². The van der Waals surface area contributed by atoms with Crippen molar-refractivity contribution in [1.82, 2.24) is 14.8 Å². The van der Waals surface area contributed by atoms with E-state index >= 15 is 0 Å². The fraction of sp³-hybridized carbons (Fsp3) is 0.385. The standard InChI is InChI=1S/C13H17N3O/c1-10(2)11-3-5-12(6-4-11)13(17)7-16-9-14-8-15-16/h3-6,8-10,13,17H,7H2,1-2H3. The molecule has 0 aliphatic carbocycles. The maximum Gasteiger partial charge on any atom is 0.137 e. The zero-order valence-electron chi connectivity index (χ0n) is 10.1. The van der Waals surface area contributed by atoms with Crippen molar-refractivity contribution in [2.75, 3.05) is 0 Å². The van der Waals surface area contributed by atoms with Crippen molar-refractivity contribution in [2.24, 2.45) is 0 Å². The number of nitrogens with zero attached hydrogens (tertiary/aromatic N) is 3. The summed E-state index contributed by atoms with van der Waals surface area (Å²) in [6.45, 7) is 4.74. The fourth-order valence-electron chi connectivity index (χ4n) is 1.71. The smallest absolute Gasteiger partial charge is 0.137 e. The summed E-state index contributed by atoms with van der Waals surface area (Å²) in [5.41, 5.74) is 2.19. The van der Waals surface area contributed by atoms with E-state index < -0.39 is 6.10 Å². The monoisotopic (exact) mass is 231 g/mol. The molecule has 0 radical (unpaired) electrons. The Hall–Kier alpha value is -1.68. The second-order valence-electron chi connectivity index (χ2n) is 4.45. The predicted octanol–water partition coefficient (Wildman–Crippen LogP) is 2.14. The largest absolute Gasteiger partial charge is 0.386 e. The van der Waals surface area contributed by atoms with Crippen LogP contribution in [0.2, 0.25) is 0 Å². The summed E-state index contributed by atoms with van der Waals surface area (Å²) in [6, 6.07) is 8.06. The molecular weight excluding hydrogens is 214 g/mol. The van der Waals surface area contributed by atoms with E-state index in [1.807, 2.05) is 12.1 Å². The molecule has 0 saturated carbocycles. The van der Waals surface area contributed by atoms with E-state index in [0.717, 1.165) is 5.56 Å². The van der Waals surface area contributed by atoms with Crippen molar-refractivity contribution in [3.63, 3.8) is 0 Å². The molecule has 0 bridgehead atoms. The zero-order chi connectivity index (χ0) is 12.3. The number of hydrogen-bond acceptors (Lipinski definition) is 3. The van der Waals surface area contributed by atoms with Crippen molar-refractivity contribution in [1.29, 1.82) is 0 Å². The molecule has 1 heterocycles. The van der Waals surface area contributed by atoms with Crippen LogP contribution in [0.15, 0.2) is 36.9 Å². The van der Waals surface area contributed by atoms with E-state index in [2.05, 4.69) is 36.1 Å². The quantitative estimate of drug-likeness (QED) is 0.877. The summed E-state index contributed by atoms with van der Waals surface area (Å²) in [7, 11) is 0. The highest BCUT2D eigenvalue weighted by Gasteiger charge is 2.09. The van der Waals surface area contributed by atoms with E-state index in [-0.39, 0.29) is 0 Å². The number of aliphatic hydroxyl groups excluding tert-OH is 1. The van der Waals surface area contributed by atoms with Gasteiger partial charge in [0, 0.05) is 0 Å². The van der Waals surface area contributed by atoms with Crippen LogP contribution in [0, 0.1) is 0 Å². The molecule has 4 heteroatoms. The predicted molar refractivity (Wildman–Crippen MR) is 65.5 cm³/mol. The maximum atomic E-state index is 10.0. The van der Waals surface area contributed by atoms with Gasteiger partial charge in [0.25, 0.3) is 0 Å². The SMILES string of the molecule is CC(C)c1ccc(C(O)Cn2cncn2)cc1. The van der Waals surface area contributed by atoms with Gasteiger partial charge in [-0.2, -0.15) is 5.10 Å². The molecule has 2 rings (SSSR count). The maximum absolute atomic E-state index is 10.0. The lowest BCUT2D eigenvalue weighted by Crippen LogP contribution is -2.09. The highest BCUT2D eigenvalue weighted by atomic mass is 16.3. The van der Waals surface area contributed by atoms with Crippen LogP contribution in [-0.2, 0) is 6.54 Å². The summed E-state index contributed by atoms with van der Waals surface area (Å²) in [5.74, 6) is 0.511. The third kappa shape index (κ3) is 2.91. The van der Waals surface area contributed by atoms with Gasteiger partial charge in [-0.15, -0.1) is 0 Å². The minimum absolute atomic E-state index is 0.432. The summed E-state index contributed by atoms with van der Waals surface area (Å²) in [6.07, 6.45) is 2.53. The summed E-state index contributed by atoms with van der Waals surface area (Å²) in [4.78, 5) is 3.85. The van der Waals surface area contributed by atoms with E-state index in [9.17, 15) is 5.11 Å². The molecule has 1 unspecified atom stereocenters. The summed E-state index contributed by atoms with van der Waals surface area (Å²) >= 11 is 0. The third-order valence-corrected chi connectivity index (χ3v) is 2.81. The van der Waals surface area contributed by atoms with Crippen molar-refractivity contribution >= 4 is 0 Å². The van der Waals surface area contributed by atoms with E-state index in [4.69, 9.17) is 0 Å². The van der Waals surface area contributed by atoms with Gasteiger partial charge in [0.1, 0.15) is 12.7 Å². The Morgan fingerprint density at radius 3 is 2.35 bits per heavy atom. The topological polar surface area (TPSA) is 50.9 Å². The van der Waals surface area contributed by atoms with Crippen LogP contribution < -0.4 is 0 Å². The molecule has 1 atom stereocenters. The first kappa shape index (κ1) is 11.8. The van der Waals surface area contributed by atoms with Gasteiger partial charge in [-0.1, -0.05) is 38.1 Å². The first-order valence-electron chi connectivity index (χ1n) is 5.77. The number of aliphatic hydroxyl groups is 1. The summed E-state index contributed by atoms with van der Waals surface area (Å²) < 4.78 is 1.63. The lowest BCUT2D eigenvalue weighted by molar-refractivity contribution is 0.151. The third-order valence-electron chi connectivity index (χ3n) is 2.81. The number of rotatable bonds is 4. The van der Waals surface area contributed by atoms with Crippen LogP contribution >= 0.6 is 0 Å². The fourth-order valence-corrected chi connectivity index (χ4v) is 1.71.